The second kappa shape index (κ2) is 10.9. The van der Waals surface area contributed by atoms with Gasteiger partial charge in [-0.3, -0.25) is 14.5 Å². The van der Waals surface area contributed by atoms with Crippen LogP contribution in [0.1, 0.15) is 66.8 Å². The van der Waals surface area contributed by atoms with Crippen molar-refractivity contribution in [2.75, 3.05) is 31.6 Å². The molecule has 5 aliphatic rings. The van der Waals surface area contributed by atoms with Crippen LogP contribution >= 0.6 is 0 Å². The largest absolute Gasteiger partial charge is 0.394 e. The number of imide groups is 1. The van der Waals surface area contributed by atoms with Crippen molar-refractivity contribution >= 4 is 23.5 Å². The quantitative estimate of drug-likeness (QED) is 0.282. The first kappa shape index (κ1) is 27.9. The number of hydrogen-bond acceptors (Lipinski definition) is 5. The Bertz CT molecular complexity index is 1340. The average Bonchev–Trinajstić information content (AvgIpc) is 3.21. The topological polar surface area (TPSA) is 97.3 Å². The zero-order valence-corrected chi connectivity index (χ0v) is 24.6. The number of rotatable bonds is 6. The van der Waals surface area contributed by atoms with E-state index >= 15 is 0 Å². The van der Waals surface area contributed by atoms with E-state index in [1.54, 1.807) is 12.1 Å². The third-order valence-electron chi connectivity index (χ3n) is 10.3. The van der Waals surface area contributed by atoms with Crippen LogP contribution in [0.25, 0.3) is 0 Å². The van der Waals surface area contributed by atoms with Gasteiger partial charge in [0.1, 0.15) is 0 Å². The van der Waals surface area contributed by atoms with Gasteiger partial charge in [-0.2, -0.15) is 0 Å². The van der Waals surface area contributed by atoms with Crippen LogP contribution in [0.3, 0.4) is 0 Å². The molecule has 41 heavy (non-hydrogen) atoms. The molecule has 3 aliphatic carbocycles. The van der Waals surface area contributed by atoms with Crippen molar-refractivity contribution in [1.29, 1.82) is 0 Å². The van der Waals surface area contributed by atoms with Crippen LogP contribution in [0.2, 0.25) is 0 Å². The number of nitrogens with zero attached hydrogens (tertiary/aromatic N) is 3. The number of fused-ring (bicyclic) bond motifs is 3. The molecule has 3 N–H and O–H groups in total. The highest BCUT2D eigenvalue weighted by Gasteiger charge is 2.56. The molecule has 2 aromatic rings. The lowest BCUT2D eigenvalue weighted by molar-refractivity contribution is -0.108. The minimum absolute atomic E-state index is 0.260. The summed E-state index contributed by atoms with van der Waals surface area (Å²) in [4.78, 5) is 35.8. The maximum Gasteiger partial charge on any atom is 0.261 e. The number of guanidine groups is 1. The highest BCUT2D eigenvalue weighted by atomic mass is 16.3. The normalized spacial score (nSPS) is 29.7. The lowest BCUT2D eigenvalue weighted by Gasteiger charge is -2.61. The van der Waals surface area contributed by atoms with E-state index in [9.17, 15) is 14.7 Å². The number of carbonyl (C=O) groups is 2. The summed E-state index contributed by atoms with van der Waals surface area (Å²) in [5, 5.41) is 17.2. The molecule has 0 aromatic heterocycles. The second-order valence-corrected chi connectivity index (χ2v) is 13.2. The molecule has 3 saturated carbocycles. The van der Waals surface area contributed by atoms with Gasteiger partial charge in [0.05, 0.1) is 29.8 Å². The third-order valence-corrected chi connectivity index (χ3v) is 10.3. The van der Waals surface area contributed by atoms with Gasteiger partial charge in [-0.05, 0) is 73.1 Å². The fourth-order valence-corrected chi connectivity index (χ4v) is 7.69. The molecule has 0 radical (unpaired) electrons. The molecule has 8 heteroatoms. The van der Waals surface area contributed by atoms with Crippen LogP contribution in [0.5, 0.6) is 0 Å². The van der Waals surface area contributed by atoms with E-state index in [1.807, 2.05) is 36.4 Å². The van der Waals surface area contributed by atoms with Gasteiger partial charge in [-0.25, -0.2) is 4.99 Å². The summed E-state index contributed by atoms with van der Waals surface area (Å²) in [6.45, 7) is 11.7. The van der Waals surface area contributed by atoms with Gasteiger partial charge in [0.15, 0.2) is 5.96 Å². The van der Waals surface area contributed by atoms with E-state index in [1.165, 1.54) is 11.3 Å². The average molecular weight is 558 g/mol. The SMILES string of the molecule is C[C@@H]1[C@@H](N=C(Nc2ccc3c(c2)C(=O)N([C@H](CO)Cc2ccccc2)C3=O)N2CCN[C@@H](C)C2)C[C@H]2C[C@@H]1C2(C)C. The number of aliphatic imine (C=N–C) groups is 1. The van der Waals surface area contributed by atoms with Crippen molar-refractivity contribution in [2.45, 2.75) is 65.1 Å². The van der Waals surface area contributed by atoms with Gasteiger partial charge in [0.2, 0.25) is 0 Å². The number of benzene rings is 2. The number of aliphatic hydroxyl groups is 1. The first-order valence-electron chi connectivity index (χ1n) is 15.2. The number of hydrogen-bond donors (Lipinski definition) is 3. The molecule has 2 aliphatic heterocycles. The summed E-state index contributed by atoms with van der Waals surface area (Å²) in [7, 11) is 0. The lowest BCUT2D eigenvalue weighted by Crippen LogP contribution is -2.57. The Hall–Kier alpha value is -3.23. The van der Waals surface area contributed by atoms with E-state index in [4.69, 9.17) is 4.99 Å². The summed E-state index contributed by atoms with van der Waals surface area (Å²) >= 11 is 0. The number of amides is 2. The summed E-state index contributed by atoms with van der Waals surface area (Å²) < 4.78 is 0. The van der Waals surface area contributed by atoms with E-state index in [2.05, 4.69) is 43.2 Å². The Morgan fingerprint density at radius 1 is 1.10 bits per heavy atom. The molecule has 2 bridgehead atoms. The zero-order chi connectivity index (χ0) is 28.9. The molecule has 2 amide bonds. The maximum atomic E-state index is 13.6. The molecular weight excluding hydrogens is 514 g/mol. The smallest absolute Gasteiger partial charge is 0.261 e. The number of nitrogens with one attached hydrogen (secondary N) is 2. The number of aliphatic hydroxyl groups excluding tert-OH is 1. The van der Waals surface area contributed by atoms with Crippen molar-refractivity contribution in [3.63, 3.8) is 0 Å². The maximum absolute atomic E-state index is 13.6. The van der Waals surface area contributed by atoms with Gasteiger partial charge in [-0.15, -0.1) is 0 Å². The third kappa shape index (κ3) is 5.06. The summed E-state index contributed by atoms with van der Waals surface area (Å²) in [6.07, 6.45) is 2.82. The molecule has 8 nitrogen and oxygen atoms in total. The number of anilines is 1. The van der Waals surface area contributed by atoms with Crippen LogP contribution in [-0.2, 0) is 6.42 Å². The Balaban J connectivity index is 1.25. The van der Waals surface area contributed by atoms with Crippen molar-refractivity contribution in [3.05, 3.63) is 65.2 Å². The van der Waals surface area contributed by atoms with Crippen LogP contribution in [0.4, 0.5) is 5.69 Å². The van der Waals surface area contributed by atoms with E-state index in [-0.39, 0.29) is 24.5 Å². The van der Waals surface area contributed by atoms with Crippen LogP contribution in [0.15, 0.2) is 53.5 Å². The number of carbonyl (C=O) groups excluding carboxylic acids is 2. The highest BCUT2D eigenvalue weighted by Crippen LogP contribution is 2.61. The Morgan fingerprint density at radius 2 is 1.85 bits per heavy atom. The fourth-order valence-electron chi connectivity index (χ4n) is 7.69. The van der Waals surface area contributed by atoms with E-state index in [0.29, 0.717) is 46.8 Å². The molecular formula is C33H43N5O3. The van der Waals surface area contributed by atoms with Gasteiger partial charge < -0.3 is 20.6 Å². The predicted molar refractivity (Wildman–Crippen MR) is 161 cm³/mol. The van der Waals surface area contributed by atoms with E-state index in [0.717, 1.165) is 43.3 Å². The van der Waals surface area contributed by atoms with Crippen molar-refractivity contribution < 1.29 is 14.7 Å². The van der Waals surface area contributed by atoms with Crippen molar-refractivity contribution in [1.82, 2.24) is 15.1 Å². The molecule has 2 heterocycles. The molecule has 0 unspecified atom stereocenters. The molecule has 2 aromatic carbocycles. The summed E-state index contributed by atoms with van der Waals surface area (Å²) in [6, 6.07) is 15.0. The first-order valence-corrected chi connectivity index (χ1v) is 15.2. The fraction of sp³-hybridized carbons (Fsp3) is 0.545. The lowest BCUT2D eigenvalue weighted by atomic mass is 9.45. The Labute approximate surface area is 243 Å². The minimum Gasteiger partial charge on any atom is -0.394 e. The Morgan fingerprint density at radius 3 is 2.54 bits per heavy atom. The molecule has 0 spiro atoms. The molecule has 4 fully saturated rings. The molecule has 7 rings (SSSR count). The minimum atomic E-state index is -0.621. The summed E-state index contributed by atoms with van der Waals surface area (Å²) in [5.74, 6) is 2.06. The van der Waals surface area contributed by atoms with E-state index < -0.39 is 6.04 Å². The Kier molecular flexibility index (Phi) is 7.41. The zero-order valence-electron chi connectivity index (χ0n) is 24.6. The van der Waals surface area contributed by atoms with Gasteiger partial charge in [0, 0.05) is 31.4 Å². The molecule has 1 saturated heterocycles. The molecule has 218 valence electrons. The van der Waals surface area contributed by atoms with Crippen LogP contribution < -0.4 is 10.6 Å². The molecule has 6 atom stereocenters. The van der Waals surface area contributed by atoms with Crippen molar-refractivity contribution in [3.8, 4) is 0 Å². The monoisotopic (exact) mass is 557 g/mol. The van der Waals surface area contributed by atoms with Crippen LogP contribution in [0, 0.1) is 23.2 Å². The van der Waals surface area contributed by atoms with Crippen LogP contribution in [-0.4, -0.2) is 77.0 Å². The van der Waals surface area contributed by atoms with Gasteiger partial charge in [0.25, 0.3) is 11.8 Å². The first-order chi connectivity index (χ1) is 19.7. The standard InChI is InChI=1S/C33H43N5O3/c1-20-18-37(13-12-34-20)32(36-29-16-23-15-28(21(29)2)33(23,3)4)35-24-10-11-26-27(17-24)31(41)38(30(26)40)25(19-39)14-22-8-6-5-7-9-22/h5-11,17,20-21,23,25,28-29,34,39H,12-16,18-19H2,1-4H3,(H,35,36)/t20-,21-,23+,25-,28-,29-/m0/s1. The second-order valence-electron chi connectivity index (χ2n) is 13.2. The van der Waals surface area contributed by atoms with Gasteiger partial charge in [-0.1, -0.05) is 51.1 Å². The van der Waals surface area contributed by atoms with Gasteiger partial charge >= 0.3 is 0 Å². The van der Waals surface area contributed by atoms with Crippen molar-refractivity contribution in [2.24, 2.45) is 28.2 Å². The predicted octanol–water partition coefficient (Wildman–Crippen LogP) is 4.02. The number of piperazine rings is 1. The summed E-state index contributed by atoms with van der Waals surface area (Å²) in [5.41, 5.74) is 2.86. The highest BCUT2D eigenvalue weighted by molar-refractivity contribution is 6.22.